The van der Waals surface area contributed by atoms with Gasteiger partial charge in [-0.2, -0.15) is 18.3 Å². The van der Waals surface area contributed by atoms with Crippen molar-refractivity contribution in [2.24, 2.45) is 4.99 Å². The highest BCUT2D eigenvalue weighted by Crippen LogP contribution is 2.27. The smallest absolute Gasteiger partial charge is 0.354 e. The third-order valence-corrected chi connectivity index (χ3v) is 4.46. The first-order chi connectivity index (χ1) is 13.5. The van der Waals surface area contributed by atoms with E-state index in [1.807, 2.05) is 0 Å². The summed E-state index contributed by atoms with van der Waals surface area (Å²) in [6.07, 6.45) is -0.0115. The van der Waals surface area contributed by atoms with Crippen LogP contribution in [0, 0.1) is 0 Å². The number of aliphatic imine (C=N–C) groups is 1. The number of hydrogen-bond donors (Lipinski definition) is 3. The summed E-state index contributed by atoms with van der Waals surface area (Å²) in [4.78, 5) is 17.9. The van der Waals surface area contributed by atoms with Crippen molar-refractivity contribution in [3.63, 3.8) is 0 Å². The molecular weight excluding hydrogens is 375 g/mol. The molecule has 0 amide bonds. The molecule has 0 saturated carbocycles. The maximum absolute atomic E-state index is 12.7. The predicted molar refractivity (Wildman–Crippen MR) is 96.8 cm³/mol. The van der Waals surface area contributed by atoms with Crippen LogP contribution in [-0.4, -0.2) is 69.2 Å². The van der Waals surface area contributed by atoms with E-state index in [1.165, 1.54) is 6.33 Å². The Labute approximate surface area is 159 Å². The number of piperidine rings is 1. The van der Waals surface area contributed by atoms with Gasteiger partial charge in [0.05, 0.1) is 0 Å². The van der Waals surface area contributed by atoms with E-state index in [4.69, 9.17) is 0 Å². The highest BCUT2D eigenvalue weighted by Gasteiger charge is 2.32. The number of nitrogens with one attached hydrogen (secondary N) is 3. The third-order valence-electron chi connectivity index (χ3n) is 4.46. The van der Waals surface area contributed by atoms with Crippen LogP contribution in [0.1, 0.15) is 30.3 Å². The van der Waals surface area contributed by atoms with Crippen molar-refractivity contribution in [2.75, 3.05) is 38.5 Å². The Morgan fingerprint density at radius 2 is 2.07 bits per heavy atom. The van der Waals surface area contributed by atoms with E-state index < -0.39 is 11.9 Å². The van der Waals surface area contributed by atoms with Gasteiger partial charge in [-0.15, -0.1) is 0 Å². The van der Waals surface area contributed by atoms with Gasteiger partial charge in [0.2, 0.25) is 5.95 Å². The lowest BCUT2D eigenvalue weighted by molar-refractivity contribution is -0.141. The van der Waals surface area contributed by atoms with Crippen molar-refractivity contribution >= 4 is 11.9 Å². The Bertz CT molecular complexity index is 768. The van der Waals surface area contributed by atoms with Gasteiger partial charge in [-0.25, -0.2) is 15.0 Å². The number of nitrogens with zero attached hydrogens (tertiary/aromatic N) is 6. The van der Waals surface area contributed by atoms with Crippen molar-refractivity contribution in [3.8, 4) is 0 Å². The fourth-order valence-electron chi connectivity index (χ4n) is 3.06. The number of hydrogen-bond acceptors (Lipinski definition) is 6. The Kier molecular flexibility index (Phi) is 6.26. The van der Waals surface area contributed by atoms with Crippen LogP contribution in [0.25, 0.3) is 0 Å². The molecule has 0 aromatic carbocycles. The maximum Gasteiger partial charge on any atom is 0.433 e. The van der Waals surface area contributed by atoms with Crippen molar-refractivity contribution in [1.29, 1.82) is 0 Å². The monoisotopic (exact) mass is 397 g/mol. The fraction of sp³-hybridized carbons (Fsp3) is 0.562. The van der Waals surface area contributed by atoms with Gasteiger partial charge in [0.15, 0.2) is 5.96 Å². The van der Waals surface area contributed by atoms with Crippen LogP contribution in [0.2, 0.25) is 0 Å². The average Bonchev–Trinajstić information content (AvgIpc) is 3.23. The summed E-state index contributed by atoms with van der Waals surface area (Å²) in [6, 6.07) is 0.841. The number of anilines is 1. The minimum absolute atomic E-state index is 0.0560. The van der Waals surface area contributed by atoms with Gasteiger partial charge in [-0.05, 0) is 18.9 Å². The van der Waals surface area contributed by atoms with E-state index in [9.17, 15) is 13.2 Å². The summed E-state index contributed by atoms with van der Waals surface area (Å²) in [5.41, 5.74) is -0.969. The van der Waals surface area contributed by atoms with E-state index >= 15 is 0 Å². The Morgan fingerprint density at radius 1 is 1.29 bits per heavy atom. The van der Waals surface area contributed by atoms with Crippen molar-refractivity contribution in [2.45, 2.75) is 24.9 Å². The molecule has 1 fully saturated rings. The molecule has 3 rings (SSSR count). The van der Waals surface area contributed by atoms with E-state index in [2.05, 4.69) is 45.7 Å². The summed E-state index contributed by atoms with van der Waals surface area (Å²) in [7, 11) is 1.70. The highest BCUT2D eigenvalue weighted by atomic mass is 19.4. The Balaban J connectivity index is 1.43. The summed E-state index contributed by atoms with van der Waals surface area (Å²) >= 11 is 0. The molecule has 0 radical (unpaired) electrons. The minimum Gasteiger partial charge on any atom is -0.354 e. The topological polar surface area (TPSA) is 107 Å². The van der Waals surface area contributed by atoms with Crippen LogP contribution in [-0.2, 0) is 6.18 Å². The largest absolute Gasteiger partial charge is 0.433 e. The molecule has 3 N–H and O–H groups in total. The first-order valence-electron chi connectivity index (χ1n) is 8.92. The van der Waals surface area contributed by atoms with Gasteiger partial charge in [0.25, 0.3) is 0 Å². The second-order valence-corrected chi connectivity index (χ2v) is 6.30. The number of halogens is 3. The Hall–Kier alpha value is -2.92. The number of rotatable bonds is 5. The molecule has 2 aromatic heterocycles. The molecule has 9 nitrogen and oxygen atoms in total. The quantitative estimate of drug-likeness (QED) is 0.399. The number of aromatic amines is 1. The number of alkyl halides is 3. The standard InChI is InChI=1S/C16H22F3N9/c1-20-15(28-8-3-11(4-9-28)13-24-10-25-27-13)23-7-6-22-14-21-5-2-12(26-14)16(17,18)19/h2,5,10-11H,3-4,6-9H2,1H3,(H,20,23)(H,21,22,26)(H,24,25,27). The molecular formula is C16H22F3N9. The van der Waals surface area contributed by atoms with Crippen LogP contribution < -0.4 is 10.6 Å². The second-order valence-electron chi connectivity index (χ2n) is 6.30. The summed E-state index contributed by atoms with van der Waals surface area (Å²) in [6.45, 7) is 2.48. The number of H-pyrrole nitrogens is 1. The van der Waals surface area contributed by atoms with Gasteiger partial charge in [0.1, 0.15) is 17.8 Å². The molecule has 0 bridgehead atoms. The molecule has 0 atom stereocenters. The number of likely N-dealkylation sites (tertiary alicyclic amines) is 1. The molecule has 1 saturated heterocycles. The molecule has 2 aromatic rings. The van der Waals surface area contributed by atoms with E-state index in [-0.39, 0.29) is 5.95 Å². The van der Waals surface area contributed by atoms with Gasteiger partial charge in [-0.1, -0.05) is 0 Å². The molecule has 0 spiro atoms. The molecule has 1 aliphatic heterocycles. The zero-order valence-electron chi connectivity index (χ0n) is 15.4. The lowest BCUT2D eigenvalue weighted by Crippen LogP contribution is -2.46. The van der Waals surface area contributed by atoms with Gasteiger partial charge < -0.3 is 15.5 Å². The first kappa shape index (κ1) is 19.8. The molecule has 152 valence electrons. The van der Waals surface area contributed by atoms with Crippen LogP contribution in [0.4, 0.5) is 19.1 Å². The van der Waals surface area contributed by atoms with Gasteiger partial charge in [0, 0.05) is 45.3 Å². The predicted octanol–water partition coefficient (Wildman–Crippen LogP) is 1.48. The molecule has 0 aliphatic carbocycles. The molecule has 0 unspecified atom stereocenters. The zero-order valence-corrected chi connectivity index (χ0v) is 15.4. The molecule has 3 heterocycles. The summed E-state index contributed by atoms with van der Waals surface area (Å²) in [5.74, 6) is 1.96. The zero-order chi connectivity index (χ0) is 20.0. The molecule has 1 aliphatic rings. The van der Waals surface area contributed by atoms with Crippen LogP contribution in [0.3, 0.4) is 0 Å². The normalized spacial score (nSPS) is 16.3. The van der Waals surface area contributed by atoms with E-state index in [0.29, 0.717) is 19.0 Å². The molecule has 12 heteroatoms. The van der Waals surface area contributed by atoms with E-state index in [1.54, 1.807) is 7.05 Å². The van der Waals surface area contributed by atoms with Crippen molar-refractivity contribution in [3.05, 3.63) is 30.1 Å². The lowest BCUT2D eigenvalue weighted by Gasteiger charge is -2.33. The summed E-state index contributed by atoms with van der Waals surface area (Å²) < 4.78 is 38.0. The third kappa shape index (κ3) is 5.08. The molecule has 28 heavy (non-hydrogen) atoms. The van der Waals surface area contributed by atoms with Crippen LogP contribution >= 0.6 is 0 Å². The van der Waals surface area contributed by atoms with Gasteiger partial charge in [-0.3, -0.25) is 10.1 Å². The van der Waals surface area contributed by atoms with Crippen LogP contribution in [0.15, 0.2) is 23.6 Å². The maximum atomic E-state index is 12.7. The minimum atomic E-state index is -4.49. The lowest BCUT2D eigenvalue weighted by atomic mass is 9.96. The SMILES string of the molecule is CN=C(NCCNc1nccc(C(F)(F)F)n1)N1CCC(c2ncn[nH]2)CC1. The summed E-state index contributed by atoms with van der Waals surface area (Å²) in [5, 5.41) is 12.8. The van der Waals surface area contributed by atoms with Crippen molar-refractivity contribution < 1.29 is 13.2 Å². The van der Waals surface area contributed by atoms with Gasteiger partial charge >= 0.3 is 6.18 Å². The van der Waals surface area contributed by atoms with Crippen molar-refractivity contribution in [1.82, 2.24) is 35.4 Å². The highest BCUT2D eigenvalue weighted by molar-refractivity contribution is 5.80. The average molecular weight is 397 g/mol. The number of aromatic nitrogens is 5. The van der Waals surface area contributed by atoms with E-state index in [0.717, 1.165) is 50.0 Å². The number of guanidine groups is 1. The fourth-order valence-corrected chi connectivity index (χ4v) is 3.06. The first-order valence-corrected chi connectivity index (χ1v) is 8.92. The second kappa shape index (κ2) is 8.85. The van der Waals surface area contributed by atoms with Crippen LogP contribution in [0.5, 0.6) is 0 Å². The Morgan fingerprint density at radius 3 is 2.71 bits per heavy atom.